The second kappa shape index (κ2) is 5.54. The lowest BCUT2D eigenvalue weighted by molar-refractivity contribution is 0.102. The molecule has 0 aliphatic carbocycles. The van der Waals surface area contributed by atoms with Gasteiger partial charge in [0.15, 0.2) is 0 Å². The van der Waals surface area contributed by atoms with Crippen LogP contribution < -0.4 is 5.32 Å². The van der Waals surface area contributed by atoms with Gasteiger partial charge in [0.05, 0.1) is 22.9 Å². The number of hydrogen-bond acceptors (Lipinski definition) is 3. The van der Waals surface area contributed by atoms with Gasteiger partial charge in [-0.25, -0.2) is 0 Å². The van der Waals surface area contributed by atoms with Crippen LogP contribution in [-0.4, -0.2) is 10.9 Å². The molecule has 0 unspecified atom stereocenters. The molecular formula is C16H15N3O. The smallest absolute Gasteiger partial charge is 0.257 e. The molecule has 0 bridgehead atoms. The first-order valence-corrected chi connectivity index (χ1v) is 6.27. The fraction of sp³-hybridized carbons (Fsp3) is 0.188. The normalized spacial score (nSPS) is 9.90. The molecular weight excluding hydrogens is 250 g/mol. The molecule has 20 heavy (non-hydrogen) atoms. The van der Waals surface area contributed by atoms with Crippen molar-refractivity contribution in [2.24, 2.45) is 0 Å². The van der Waals surface area contributed by atoms with Crippen LogP contribution in [0.4, 0.5) is 5.69 Å². The molecule has 1 N–H and O–H groups in total. The summed E-state index contributed by atoms with van der Waals surface area (Å²) in [5, 5.41) is 11.7. The quantitative estimate of drug-likeness (QED) is 0.907. The van der Waals surface area contributed by atoms with Crippen molar-refractivity contribution in [2.45, 2.75) is 20.8 Å². The Labute approximate surface area is 118 Å². The molecule has 4 nitrogen and oxygen atoms in total. The first-order chi connectivity index (χ1) is 9.51. The van der Waals surface area contributed by atoms with Gasteiger partial charge in [0.1, 0.15) is 0 Å². The number of aromatic nitrogens is 1. The summed E-state index contributed by atoms with van der Waals surface area (Å²) < 4.78 is 0. The van der Waals surface area contributed by atoms with Gasteiger partial charge < -0.3 is 5.32 Å². The van der Waals surface area contributed by atoms with Gasteiger partial charge in [-0.2, -0.15) is 5.26 Å². The minimum Gasteiger partial charge on any atom is -0.322 e. The predicted octanol–water partition coefficient (Wildman–Crippen LogP) is 3.13. The van der Waals surface area contributed by atoms with Crippen molar-refractivity contribution >= 4 is 11.6 Å². The summed E-state index contributed by atoms with van der Waals surface area (Å²) in [4.78, 5) is 16.5. The monoisotopic (exact) mass is 265 g/mol. The Kier molecular flexibility index (Phi) is 3.81. The maximum atomic E-state index is 12.3. The number of rotatable bonds is 2. The third-order valence-corrected chi connectivity index (χ3v) is 3.08. The fourth-order valence-electron chi connectivity index (χ4n) is 1.94. The van der Waals surface area contributed by atoms with Gasteiger partial charge in [-0.05, 0) is 50.6 Å². The van der Waals surface area contributed by atoms with Crippen LogP contribution in [0.15, 0.2) is 30.3 Å². The van der Waals surface area contributed by atoms with Crippen LogP contribution in [0.2, 0.25) is 0 Å². The summed E-state index contributed by atoms with van der Waals surface area (Å²) in [5.41, 5.74) is 4.18. The zero-order valence-electron chi connectivity index (χ0n) is 11.7. The van der Waals surface area contributed by atoms with Crippen LogP contribution in [0.3, 0.4) is 0 Å². The average Bonchev–Trinajstić information content (AvgIpc) is 2.41. The SMILES string of the molecule is Cc1ccc(C(=O)Nc2cc(C#N)ccc2C)c(C)n1. The number of aryl methyl sites for hydroxylation is 3. The Morgan fingerprint density at radius 2 is 1.95 bits per heavy atom. The van der Waals surface area contributed by atoms with E-state index in [-0.39, 0.29) is 5.91 Å². The summed E-state index contributed by atoms with van der Waals surface area (Å²) in [7, 11) is 0. The van der Waals surface area contributed by atoms with Gasteiger partial charge >= 0.3 is 0 Å². The third-order valence-electron chi connectivity index (χ3n) is 3.08. The summed E-state index contributed by atoms with van der Waals surface area (Å²) in [6.07, 6.45) is 0. The maximum absolute atomic E-state index is 12.3. The molecule has 1 aromatic heterocycles. The molecule has 1 amide bonds. The Morgan fingerprint density at radius 3 is 2.60 bits per heavy atom. The van der Waals surface area contributed by atoms with Crippen molar-refractivity contribution in [3.63, 3.8) is 0 Å². The van der Waals surface area contributed by atoms with Crippen LogP contribution in [-0.2, 0) is 0 Å². The van der Waals surface area contributed by atoms with Gasteiger partial charge in [0, 0.05) is 11.4 Å². The van der Waals surface area contributed by atoms with Gasteiger partial charge in [0.25, 0.3) is 5.91 Å². The van der Waals surface area contributed by atoms with Crippen LogP contribution in [0.1, 0.15) is 32.9 Å². The molecule has 0 aliphatic rings. The number of benzene rings is 1. The number of pyridine rings is 1. The van der Waals surface area contributed by atoms with Crippen molar-refractivity contribution in [1.29, 1.82) is 5.26 Å². The van der Waals surface area contributed by atoms with E-state index in [4.69, 9.17) is 5.26 Å². The fourth-order valence-corrected chi connectivity index (χ4v) is 1.94. The zero-order chi connectivity index (χ0) is 14.7. The van der Waals surface area contributed by atoms with E-state index in [0.717, 1.165) is 11.3 Å². The summed E-state index contributed by atoms with van der Waals surface area (Å²) >= 11 is 0. The standard InChI is InChI=1S/C16H15N3O/c1-10-4-6-13(9-17)8-15(10)19-16(20)14-7-5-11(2)18-12(14)3/h4-8H,1-3H3,(H,19,20). The summed E-state index contributed by atoms with van der Waals surface area (Å²) in [6, 6.07) is 10.8. The van der Waals surface area contributed by atoms with Crippen molar-refractivity contribution in [2.75, 3.05) is 5.32 Å². The van der Waals surface area contributed by atoms with Crippen molar-refractivity contribution in [3.05, 3.63) is 58.4 Å². The minimum atomic E-state index is -0.215. The molecule has 1 aromatic carbocycles. The second-order valence-corrected chi connectivity index (χ2v) is 4.68. The number of nitrogens with one attached hydrogen (secondary N) is 1. The lowest BCUT2D eigenvalue weighted by Crippen LogP contribution is -2.15. The lowest BCUT2D eigenvalue weighted by atomic mass is 10.1. The van der Waals surface area contributed by atoms with E-state index in [2.05, 4.69) is 16.4 Å². The highest BCUT2D eigenvalue weighted by atomic mass is 16.1. The van der Waals surface area contributed by atoms with Gasteiger partial charge in [0.2, 0.25) is 0 Å². The van der Waals surface area contributed by atoms with Crippen molar-refractivity contribution in [1.82, 2.24) is 4.98 Å². The number of carbonyl (C=O) groups is 1. The average molecular weight is 265 g/mol. The van der Waals surface area contributed by atoms with E-state index in [9.17, 15) is 4.79 Å². The summed E-state index contributed by atoms with van der Waals surface area (Å²) in [6.45, 7) is 5.58. The van der Waals surface area contributed by atoms with E-state index in [1.54, 1.807) is 31.2 Å². The molecule has 2 aromatic rings. The molecule has 0 atom stereocenters. The molecule has 0 aliphatic heterocycles. The number of carbonyl (C=O) groups excluding carboxylic acids is 1. The van der Waals surface area contributed by atoms with Crippen LogP contribution in [0.5, 0.6) is 0 Å². The Balaban J connectivity index is 2.30. The van der Waals surface area contributed by atoms with E-state index in [1.165, 1.54) is 0 Å². The highest BCUT2D eigenvalue weighted by Crippen LogP contribution is 2.18. The minimum absolute atomic E-state index is 0.215. The van der Waals surface area contributed by atoms with E-state index < -0.39 is 0 Å². The molecule has 100 valence electrons. The Hall–Kier alpha value is -2.67. The molecule has 0 fully saturated rings. The molecule has 1 heterocycles. The molecule has 0 spiro atoms. The number of nitrogens with zero attached hydrogens (tertiary/aromatic N) is 2. The molecule has 0 saturated carbocycles. The second-order valence-electron chi connectivity index (χ2n) is 4.68. The zero-order valence-corrected chi connectivity index (χ0v) is 11.7. The lowest BCUT2D eigenvalue weighted by Gasteiger charge is -2.10. The predicted molar refractivity (Wildman–Crippen MR) is 77.6 cm³/mol. The third kappa shape index (κ3) is 2.83. The number of hydrogen-bond donors (Lipinski definition) is 1. The molecule has 2 rings (SSSR count). The van der Waals surface area contributed by atoms with Gasteiger partial charge in [-0.3, -0.25) is 9.78 Å². The van der Waals surface area contributed by atoms with Crippen molar-refractivity contribution in [3.8, 4) is 6.07 Å². The Bertz CT molecular complexity index is 714. The number of nitriles is 1. The maximum Gasteiger partial charge on any atom is 0.257 e. The highest BCUT2D eigenvalue weighted by molar-refractivity contribution is 6.05. The summed E-state index contributed by atoms with van der Waals surface area (Å²) in [5.74, 6) is -0.215. The Morgan fingerprint density at radius 1 is 1.20 bits per heavy atom. The van der Waals surface area contributed by atoms with Gasteiger partial charge in [-0.1, -0.05) is 6.07 Å². The van der Waals surface area contributed by atoms with Crippen LogP contribution >= 0.6 is 0 Å². The van der Waals surface area contributed by atoms with Crippen molar-refractivity contribution < 1.29 is 4.79 Å². The number of anilines is 1. The van der Waals surface area contributed by atoms with E-state index in [1.807, 2.05) is 19.9 Å². The van der Waals surface area contributed by atoms with Crippen LogP contribution in [0.25, 0.3) is 0 Å². The first-order valence-electron chi connectivity index (χ1n) is 6.27. The largest absolute Gasteiger partial charge is 0.322 e. The topological polar surface area (TPSA) is 65.8 Å². The van der Waals surface area contributed by atoms with Gasteiger partial charge in [-0.15, -0.1) is 0 Å². The highest BCUT2D eigenvalue weighted by Gasteiger charge is 2.11. The number of amides is 1. The van der Waals surface area contributed by atoms with E-state index >= 15 is 0 Å². The van der Waals surface area contributed by atoms with Crippen LogP contribution in [0, 0.1) is 32.1 Å². The molecule has 0 saturated heterocycles. The molecule has 4 heteroatoms. The molecule has 0 radical (unpaired) electrons. The first kappa shape index (κ1) is 13.8. The van der Waals surface area contributed by atoms with E-state index in [0.29, 0.717) is 22.5 Å².